The number of hydrogen-bond acceptors (Lipinski definition) is 7. The molecule has 3 amide bonds. The maximum Gasteiger partial charge on any atom is 0.326 e. The minimum Gasteiger partial charge on any atom is -0.508 e. The van der Waals surface area contributed by atoms with E-state index in [9.17, 15) is 39.3 Å². The largest absolute Gasteiger partial charge is 0.508 e. The normalized spacial score (nSPS) is 16.5. The number of carboxylic acid groups (broad SMARTS) is 2. The van der Waals surface area contributed by atoms with Gasteiger partial charge in [0.25, 0.3) is 0 Å². The Morgan fingerprint density at radius 1 is 0.949 bits per heavy atom. The Labute approximate surface area is 227 Å². The average Bonchev–Trinajstić information content (AvgIpc) is 3.36. The Morgan fingerprint density at radius 2 is 1.59 bits per heavy atom. The molecule has 1 fully saturated rings. The summed E-state index contributed by atoms with van der Waals surface area (Å²) in [6.45, 7) is 1.49. The van der Waals surface area contributed by atoms with Gasteiger partial charge < -0.3 is 37.0 Å². The zero-order valence-corrected chi connectivity index (χ0v) is 22.3. The summed E-state index contributed by atoms with van der Waals surface area (Å²) < 4.78 is 0. The van der Waals surface area contributed by atoms with Crippen LogP contribution in [0.5, 0.6) is 5.75 Å². The van der Waals surface area contributed by atoms with Crippen molar-refractivity contribution in [2.75, 3.05) is 13.1 Å². The van der Waals surface area contributed by atoms with Gasteiger partial charge >= 0.3 is 11.9 Å². The molecule has 2 rings (SSSR count). The molecule has 8 N–H and O–H groups in total. The number of nitrogens with one attached hydrogen (secondary N) is 3. The molecular formula is C27H40N4O8. The maximum absolute atomic E-state index is 13.4. The number of amides is 3. The lowest BCUT2D eigenvalue weighted by Gasteiger charge is -2.32. The topological polar surface area (TPSA) is 208 Å². The lowest BCUT2D eigenvalue weighted by Crippen LogP contribution is -2.51. The first-order valence-corrected chi connectivity index (χ1v) is 13.3. The van der Waals surface area contributed by atoms with Crippen LogP contribution in [0.1, 0.15) is 63.9 Å². The van der Waals surface area contributed by atoms with Gasteiger partial charge in [0.05, 0.1) is 11.3 Å². The van der Waals surface area contributed by atoms with Gasteiger partial charge in [-0.25, -0.2) is 4.79 Å². The summed E-state index contributed by atoms with van der Waals surface area (Å²) in [5.74, 6) is -4.91. The van der Waals surface area contributed by atoms with Crippen molar-refractivity contribution in [2.45, 2.75) is 76.8 Å². The summed E-state index contributed by atoms with van der Waals surface area (Å²) in [6, 6.07) is 3.91. The Kier molecular flexibility index (Phi) is 12.2. The fourth-order valence-electron chi connectivity index (χ4n) is 5.03. The van der Waals surface area contributed by atoms with Crippen molar-refractivity contribution in [2.24, 2.45) is 17.1 Å². The van der Waals surface area contributed by atoms with Crippen LogP contribution >= 0.6 is 0 Å². The Balaban J connectivity index is 2.11. The molecule has 0 heterocycles. The second-order valence-electron chi connectivity index (χ2n) is 10.2. The van der Waals surface area contributed by atoms with Crippen molar-refractivity contribution >= 4 is 29.7 Å². The molecular weight excluding hydrogens is 508 g/mol. The molecule has 1 saturated carbocycles. The Bertz CT molecular complexity index is 1010. The minimum atomic E-state index is -1.24. The van der Waals surface area contributed by atoms with E-state index < -0.39 is 47.2 Å². The lowest BCUT2D eigenvalue weighted by molar-refractivity contribution is -0.147. The van der Waals surface area contributed by atoms with E-state index >= 15 is 0 Å². The molecule has 0 spiro atoms. The van der Waals surface area contributed by atoms with Crippen molar-refractivity contribution in [3.8, 4) is 5.75 Å². The molecule has 0 saturated heterocycles. The highest BCUT2D eigenvalue weighted by atomic mass is 16.4. The third-order valence-corrected chi connectivity index (χ3v) is 7.17. The lowest BCUT2D eigenvalue weighted by atomic mass is 9.76. The number of carbonyl (C=O) groups is 5. The summed E-state index contributed by atoms with van der Waals surface area (Å²) in [5.41, 5.74) is 5.02. The fraction of sp³-hybridized carbons (Fsp3) is 0.593. The highest BCUT2D eigenvalue weighted by Gasteiger charge is 2.45. The number of aromatic hydroxyl groups is 1. The first kappa shape index (κ1) is 31.5. The van der Waals surface area contributed by atoms with Gasteiger partial charge in [-0.05, 0) is 62.8 Å². The molecule has 1 aromatic carbocycles. The van der Waals surface area contributed by atoms with Gasteiger partial charge in [-0.2, -0.15) is 0 Å². The van der Waals surface area contributed by atoms with Gasteiger partial charge in [-0.1, -0.05) is 25.0 Å². The highest BCUT2D eigenvalue weighted by Crippen LogP contribution is 2.43. The van der Waals surface area contributed by atoms with E-state index in [1.807, 2.05) is 0 Å². The third kappa shape index (κ3) is 9.86. The van der Waals surface area contributed by atoms with Crippen molar-refractivity contribution in [3.05, 3.63) is 29.8 Å². The monoisotopic (exact) mass is 548 g/mol. The van der Waals surface area contributed by atoms with Crippen LogP contribution in [-0.2, 0) is 30.4 Å². The SMILES string of the molecule is CC(=O)NC(CCCCN)C(=O)NC[C@H](CC1(C(=O)N[C@@H](Cc2ccc(O)cc2)C(=O)O)CCCC1)C(=O)O. The van der Waals surface area contributed by atoms with Crippen molar-refractivity contribution < 1.29 is 39.3 Å². The average molecular weight is 549 g/mol. The van der Waals surface area contributed by atoms with Crippen LogP contribution in [-0.4, -0.2) is 70.2 Å². The number of phenolic OH excluding ortho intramolecular Hbond substituents is 1. The molecule has 0 aromatic heterocycles. The second-order valence-corrected chi connectivity index (χ2v) is 10.2. The smallest absolute Gasteiger partial charge is 0.326 e. The van der Waals surface area contributed by atoms with E-state index in [1.165, 1.54) is 19.1 Å². The van der Waals surface area contributed by atoms with Gasteiger partial charge in [0.1, 0.15) is 17.8 Å². The first-order chi connectivity index (χ1) is 18.5. The number of nitrogens with two attached hydrogens (primary N) is 1. The van der Waals surface area contributed by atoms with Crippen LogP contribution in [0.2, 0.25) is 0 Å². The van der Waals surface area contributed by atoms with Gasteiger partial charge in [-0.3, -0.25) is 19.2 Å². The van der Waals surface area contributed by atoms with Crippen LogP contribution in [0.25, 0.3) is 0 Å². The molecule has 3 atom stereocenters. The molecule has 1 aromatic rings. The summed E-state index contributed by atoms with van der Waals surface area (Å²) in [7, 11) is 0. The van der Waals surface area contributed by atoms with Gasteiger partial charge in [-0.15, -0.1) is 0 Å². The standard InChI is InChI=1S/C27H40N4O8/c1-17(32)30-21(6-2-5-13-28)23(34)29-16-19(24(35)36)15-27(11-3-4-12-27)26(39)31-22(25(37)38)14-18-7-9-20(33)10-8-18/h7-10,19,21-22,33H,2-6,11-16,28H2,1H3,(H,29,34)(H,30,32)(H,31,39)(H,35,36)(H,37,38)/t19-,21?,22-/m0/s1. The van der Waals surface area contributed by atoms with Crippen molar-refractivity contribution in [1.82, 2.24) is 16.0 Å². The zero-order valence-electron chi connectivity index (χ0n) is 22.3. The van der Waals surface area contributed by atoms with E-state index in [-0.39, 0.29) is 31.0 Å². The number of rotatable bonds is 16. The van der Waals surface area contributed by atoms with E-state index in [0.29, 0.717) is 57.1 Å². The highest BCUT2D eigenvalue weighted by molar-refractivity contribution is 5.89. The van der Waals surface area contributed by atoms with Crippen LogP contribution in [0.15, 0.2) is 24.3 Å². The fourth-order valence-corrected chi connectivity index (χ4v) is 5.03. The molecule has 1 aliphatic rings. The molecule has 12 nitrogen and oxygen atoms in total. The molecule has 39 heavy (non-hydrogen) atoms. The summed E-state index contributed by atoms with van der Waals surface area (Å²) >= 11 is 0. The van der Waals surface area contributed by atoms with Gasteiger partial charge in [0.2, 0.25) is 17.7 Å². The van der Waals surface area contributed by atoms with Crippen LogP contribution in [0.3, 0.4) is 0 Å². The number of unbranched alkanes of at least 4 members (excludes halogenated alkanes) is 1. The molecule has 1 aliphatic carbocycles. The predicted molar refractivity (Wildman–Crippen MR) is 142 cm³/mol. The van der Waals surface area contributed by atoms with E-state index in [2.05, 4.69) is 16.0 Å². The van der Waals surface area contributed by atoms with Gasteiger partial charge in [0.15, 0.2) is 0 Å². The number of hydrogen-bond donors (Lipinski definition) is 7. The number of carbonyl (C=O) groups excluding carboxylic acids is 3. The molecule has 0 bridgehead atoms. The number of carboxylic acids is 2. The van der Waals surface area contributed by atoms with Crippen LogP contribution < -0.4 is 21.7 Å². The summed E-state index contributed by atoms with van der Waals surface area (Å²) in [5, 5.41) is 36.9. The summed E-state index contributed by atoms with van der Waals surface area (Å²) in [6.07, 6.45) is 3.72. The van der Waals surface area contributed by atoms with Crippen LogP contribution in [0, 0.1) is 11.3 Å². The second kappa shape index (κ2) is 15.1. The molecule has 1 unspecified atom stereocenters. The van der Waals surface area contributed by atoms with Gasteiger partial charge in [0, 0.05) is 19.9 Å². The van der Waals surface area contributed by atoms with E-state index in [1.54, 1.807) is 12.1 Å². The molecule has 12 heteroatoms. The Morgan fingerprint density at radius 3 is 2.13 bits per heavy atom. The maximum atomic E-state index is 13.4. The number of benzene rings is 1. The van der Waals surface area contributed by atoms with Crippen LogP contribution in [0.4, 0.5) is 0 Å². The molecule has 0 radical (unpaired) electrons. The van der Waals surface area contributed by atoms with E-state index in [0.717, 1.165) is 0 Å². The minimum absolute atomic E-state index is 0.00938. The third-order valence-electron chi connectivity index (χ3n) is 7.17. The molecule has 0 aliphatic heterocycles. The van der Waals surface area contributed by atoms with Crippen molar-refractivity contribution in [1.29, 1.82) is 0 Å². The predicted octanol–water partition coefficient (Wildman–Crippen LogP) is 0.905. The number of aliphatic carboxylic acids is 2. The quantitative estimate of drug-likeness (QED) is 0.146. The first-order valence-electron chi connectivity index (χ1n) is 13.3. The summed E-state index contributed by atoms with van der Waals surface area (Å²) in [4.78, 5) is 61.8. The zero-order chi connectivity index (χ0) is 29.0. The number of phenols is 1. The van der Waals surface area contributed by atoms with Crippen molar-refractivity contribution in [3.63, 3.8) is 0 Å². The Hall–Kier alpha value is -3.67. The van der Waals surface area contributed by atoms with E-state index in [4.69, 9.17) is 5.73 Å². The molecule has 216 valence electrons.